The third kappa shape index (κ3) is 7.86. The van der Waals surface area contributed by atoms with Gasteiger partial charge in [-0.3, -0.25) is 9.59 Å². The molecule has 0 spiro atoms. The summed E-state index contributed by atoms with van der Waals surface area (Å²) < 4.78 is 5.87. The number of hydrogen-bond donors (Lipinski definition) is 1. The van der Waals surface area contributed by atoms with Gasteiger partial charge in [0.05, 0.1) is 0 Å². The van der Waals surface area contributed by atoms with Gasteiger partial charge in [-0.2, -0.15) is 0 Å². The number of aryl methyl sites for hydroxylation is 1. The number of halogens is 1. The third-order valence-corrected chi connectivity index (χ3v) is 5.88. The number of hydrogen-bond acceptors (Lipinski definition) is 3. The fraction of sp³-hybridized carbons (Fsp3) is 0.310. The maximum atomic E-state index is 13.6. The van der Waals surface area contributed by atoms with Crippen LogP contribution in [0.15, 0.2) is 78.9 Å². The first-order chi connectivity index (χ1) is 16.6. The molecule has 0 bridgehead atoms. The van der Waals surface area contributed by atoms with E-state index in [-0.39, 0.29) is 25.0 Å². The number of amides is 2. The molecule has 0 saturated heterocycles. The Labute approximate surface area is 213 Å². The lowest BCUT2D eigenvalue weighted by Crippen LogP contribution is -2.55. The van der Waals surface area contributed by atoms with Gasteiger partial charge < -0.3 is 15.0 Å². The summed E-state index contributed by atoms with van der Waals surface area (Å²) in [6.07, 6.45) is 0.364. The Hall–Kier alpha value is -3.31. The molecule has 5 nitrogen and oxygen atoms in total. The maximum Gasteiger partial charge on any atom is 0.261 e. The van der Waals surface area contributed by atoms with E-state index in [0.717, 1.165) is 16.7 Å². The molecule has 0 saturated carbocycles. The second-order valence-corrected chi connectivity index (χ2v) is 10.0. The number of ether oxygens (including phenoxy) is 1. The molecule has 35 heavy (non-hydrogen) atoms. The largest absolute Gasteiger partial charge is 0.484 e. The second-order valence-electron chi connectivity index (χ2n) is 9.61. The molecule has 3 aromatic carbocycles. The van der Waals surface area contributed by atoms with E-state index in [2.05, 4.69) is 5.32 Å². The average Bonchev–Trinajstić information content (AvgIpc) is 2.81. The van der Waals surface area contributed by atoms with Crippen molar-refractivity contribution in [3.63, 3.8) is 0 Å². The molecule has 0 aliphatic rings. The topological polar surface area (TPSA) is 58.6 Å². The van der Waals surface area contributed by atoms with E-state index >= 15 is 0 Å². The highest BCUT2D eigenvalue weighted by Crippen LogP contribution is 2.22. The van der Waals surface area contributed by atoms with E-state index in [1.165, 1.54) is 0 Å². The molecule has 0 fully saturated rings. The van der Waals surface area contributed by atoms with Gasteiger partial charge in [0.15, 0.2) is 6.61 Å². The molecule has 1 atom stereocenters. The van der Waals surface area contributed by atoms with E-state index < -0.39 is 11.6 Å². The number of nitrogens with one attached hydrogen (secondary N) is 1. The van der Waals surface area contributed by atoms with E-state index in [1.54, 1.807) is 11.0 Å². The van der Waals surface area contributed by atoms with Crippen molar-refractivity contribution in [1.82, 2.24) is 10.2 Å². The lowest BCUT2D eigenvalue weighted by atomic mass is 10.0. The van der Waals surface area contributed by atoms with Gasteiger partial charge in [0, 0.05) is 23.5 Å². The van der Waals surface area contributed by atoms with Crippen molar-refractivity contribution in [3.8, 4) is 5.75 Å². The number of carbonyl (C=O) groups excluding carboxylic acids is 2. The van der Waals surface area contributed by atoms with Gasteiger partial charge >= 0.3 is 0 Å². The molecule has 6 heteroatoms. The predicted molar refractivity (Wildman–Crippen MR) is 141 cm³/mol. The summed E-state index contributed by atoms with van der Waals surface area (Å²) in [6.45, 7) is 7.69. The number of para-hydroxylation sites is 1. The Morgan fingerprint density at radius 3 is 2.23 bits per heavy atom. The zero-order valence-corrected chi connectivity index (χ0v) is 21.5. The van der Waals surface area contributed by atoms with Crippen LogP contribution >= 0.6 is 11.6 Å². The molecule has 1 unspecified atom stereocenters. The Kier molecular flexibility index (Phi) is 8.94. The molecule has 0 heterocycles. The van der Waals surface area contributed by atoms with Crippen LogP contribution in [0, 0.1) is 6.92 Å². The summed E-state index contributed by atoms with van der Waals surface area (Å²) in [4.78, 5) is 28.7. The summed E-state index contributed by atoms with van der Waals surface area (Å²) >= 11 is 6.45. The van der Waals surface area contributed by atoms with Crippen molar-refractivity contribution in [2.24, 2.45) is 0 Å². The minimum absolute atomic E-state index is 0.185. The van der Waals surface area contributed by atoms with E-state index in [0.29, 0.717) is 17.2 Å². The first-order valence-electron chi connectivity index (χ1n) is 11.7. The molecule has 0 aromatic heterocycles. The van der Waals surface area contributed by atoms with Gasteiger partial charge in [-0.15, -0.1) is 0 Å². The molecular formula is C29H33ClN2O3. The molecular weight excluding hydrogens is 460 g/mol. The van der Waals surface area contributed by atoms with Crippen LogP contribution in [-0.4, -0.2) is 34.9 Å². The Bertz CT molecular complexity index is 1140. The lowest BCUT2D eigenvalue weighted by molar-refractivity contribution is -0.143. The zero-order chi connectivity index (χ0) is 25.4. The molecule has 2 amide bonds. The first-order valence-corrected chi connectivity index (χ1v) is 12.1. The molecule has 0 aliphatic carbocycles. The summed E-state index contributed by atoms with van der Waals surface area (Å²) in [5.74, 6) is 0.119. The second kappa shape index (κ2) is 11.9. The maximum absolute atomic E-state index is 13.6. The smallest absolute Gasteiger partial charge is 0.261 e. The predicted octanol–water partition coefficient (Wildman–Crippen LogP) is 5.58. The average molecular weight is 493 g/mol. The first kappa shape index (κ1) is 26.3. The zero-order valence-electron chi connectivity index (χ0n) is 20.8. The van der Waals surface area contributed by atoms with Gasteiger partial charge in [0.2, 0.25) is 5.91 Å². The van der Waals surface area contributed by atoms with Crippen LogP contribution < -0.4 is 10.1 Å². The van der Waals surface area contributed by atoms with Crippen LogP contribution in [0.5, 0.6) is 5.75 Å². The number of carbonyl (C=O) groups is 2. The molecule has 3 aromatic rings. The van der Waals surface area contributed by atoms with Gasteiger partial charge in [0.25, 0.3) is 5.91 Å². The molecule has 184 valence electrons. The number of rotatable bonds is 9. The number of nitrogens with zero attached hydrogens (tertiary/aromatic N) is 1. The SMILES string of the molecule is Cc1ccccc1OCC(=O)N(Cc1ccccc1Cl)C(Cc1ccccc1)C(=O)NC(C)(C)C. The molecule has 3 rings (SSSR count). The van der Waals surface area contributed by atoms with Gasteiger partial charge in [0.1, 0.15) is 11.8 Å². The van der Waals surface area contributed by atoms with Crippen LogP contribution in [-0.2, 0) is 22.6 Å². The summed E-state index contributed by atoms with van der Waals surface area (Å²) in [5, 5.41) is 3.59. The van der Waals surface area contributed by atoms with Crippen LogP contribution in [0.2, 0.25) is 5.02 Å². The lowest BCUT2D eigenvalue weighted by Gasteiger charge is -2.34. The summed E-state index contributed by atoms with van der Waals surface area (Å²) in [6, 6.07) is 23.8. The summed E-state index contributed by atoms with van der Waals surface area (Å²) in [5.41, 5.74) is 2.20. The highest BCUT2D eigenvalue weighted by atomic mass is 35.5. The highest BCUT2D eigenvalue weighted by molar-refractivity contribution is 6.31. The minimum Gasteiger partial charge on any atom is -0.484 e. The van der Waals surface area contributed by atoms with E-state index in [4.69, 9.17) is 16.3 Å². The third-order valence-electron chi connectivity index (χ3n) is 5.51. The molecule has 0 radical (unpaired) electrons. The fourth-order valence-corrected chi connectivity index (χ4v) is 3.95. The molecule has 1 N–H and O–H groups in total. The van der Waals surface area contributed by atoms with Gasteiger partial charge in [-0.25, -0.2) is 0 Å². The van der Waals surface area contributed by atoms with Crippen molar-refractivity contribution in [3.05, 3.63) is 101 Å². The fourth-order valence-electron chi connectivity index (χ4n) is 3.76. The van der Waals surface area contributed by atoms with Crippen molar-refractivity contribution in [2.75, 3.05) is 6.61 Å². The Morgan fingerprint density at radius 2 is 1.57 bits per heavy atom. The summed E-state index contributed by atoms with van der Waals surface area (Å²) in [7, 11) is 0. The monoisotopic (exact) mass is 492 g/mol. The van der Waals surface area contributed by atoms with Crippen LogP contribution in [0.4, 0.5) is 0 Å². The van der Waals surface area contributed by atoms with Crippen molar-refractivity contribution in [2.45, 2.75) is 52.2 Å². The highest BCUT2D eigenvalue weighted by Gasteiger charge is 2.32. The normalized spacial score (nSPS) is 12.0. The van der Waals surface area contributed by atoms with Crippen LogP contribution in [0.1, 0.15) is 37.5 Å². The van der Waals surface area contributed by atoms with Crippen molar-refractivity contribution < 1.29 is 14.3 Å². The van der Waals surface area contributed by atoms with Gasteiger partial charge in [-0.05, 0) is 56.5 Å². The number of benzene rings is 3. The van der Waals surface area contributed by atoms with Gasteiger partial charge in [-0.1, -0.05) is 78.3 Å². The Morgan fingerprint density at radius 1 is 0.943 bits per heavy atom. The Balaban J connectivity index is 1.95. The van der Waals surface area contributed by atoms with Crippen LogP contribution in [0.25, 0.3) is 0 Å². The van der Waals surface area contributed by atoms with E-state index in [1.807, 2.05) is 100 Å². The molecule has 0 aliphatic heterocycles. The van der Waals surface area contributed by atoms with Crippen LogP contribution in [0.3, 0.4) is 0 Å². The van der Waals surface area contributed by atoms with E-state index in [9.17, 15) is 9.59 Å². The van der Waals surface area contributed by atoms with Crippen molar-refractivity contribution in [1.29, 1.82) is 0 Å². The standard InChI is InChI=1S/C29H33ClN2O3/c1-21-12-8-11-17-26(21)35-20-27(33)32(19-23-15-9-10-16-24(23)30)25(28(34)31-29(2,3)4)18-22-13-6-5-7-14-22/h5-17,25H,18-20H2,1-4H3,(H,31,34). The quantitative estimate of drug-likeness (QED) is 0.424. The minimum atomic E-state index is -0.749. The van der Waals surface area contributed by atoms with Crippen molar-refractivity contribution >= 4 is 23.4 Å².